The van der Waals surface area contributed by atoms with Crippen molar-refractivity contribution in [2.24, 2.45) is 23.7 Å². The maximum Gasteiger partial charge on any atom is 0.226 e. The molecule has 3 aliphatic rings. The third-order valence-electron chi connectivity index (χ3n) is 8.11. The second-order valence-corrected chi connectivity index (χ2v) is 12.3. The van der Waals surface area contributed by atoms with Crippen molar-refractivity contribution >= 4 is 23.6 Å². The van der Waals surface area contributed by atoms with Crippen molar-refractivity contribution in [2.75, 3.05) is 18.0 Å². The summed E-state index contributed by atoms with van der Waals surface area (Å²) in [5, 5.41) is 5.00. The van der Waals surface area contributed by atoms with E-state index in [2.05, 4.69) is 42.9 Å². The van der Waals surface area contributed by atoms with Crippen molar-refractivity contribution in [3.63, 3.8) is 0 Å². The lowest BCUT2D eigenvalue weighted by Gasteiger charge is -2.42. The summed E-state index contributed by atoms with van der Waals surface area (Å²) in [6, 6.07) is 0.249. The molecule has 4 rings (SSSR count). The Hall–Kier alpha value is -1.30. The molecule has 0 bridgehead atoms. The van der Waals surface area contributed by atoms with Gasteiger partial charge in [-0.2, -0.15) is 0 Å². The van der Waals surface area contributed by atoms with Gasteiger partial charge in [-0.25, -0.2) is 9.97 Å². The molecule has 1 aromatic heterocycles. The van der Waals surface area contributed by atoms with Crippen molar-refractivity contribution in [3.8, 4) is 0 Å². The molecule has 1 saturated heterocycles. The molecule has 178 valence electrons. The van der Waals surface area contributed by atoms with Gasteiger partial charge < -0.3 is 10.2 Å². The number of aryl methyl sites for hydroxylation is 1. The topological polar surface area (TPSA) is 58.1 Å². The Labute approximate surface area is 198 Å². The number of hydrogen-bond acceptors (Lipinski definition) is 5. The Balaban J connectivity index is 1.26. The zero-order valence-electron chi connectivity index (χ0n) is 20.5. The van der Waals surface area contributed by atoms with E-state index >= 15 is 0 Å². The third-order valence-corrected chi connectivity index (χ3v) is 9.22. The van der Waals surface area contributed by atoms with Gasteiger partial charge in [0.05, 0.1) is 0 Å². The van der Waals surface area contributed by atoms with Crippen molar-refractivity contribution in [1.29, 1.82) is 0 Å². The van der Waals surface area contributed by atoms with Gasteiger partial charge in [0.15, 0.2) is 0 Å². The highest BCUT2D eigenvalue weighted by Crippen LogP contribution is 2.46. The first kappa shape index (κ1) is 23.8. The summed E-state index contributed by atoms with van der Waals surface area (Å²) in [6.45, 7) is 10.6. The van der Waals surface area contributed by atoms with E-state index in [0.29, 0.717) is 23.0 Å². The highest BCUT2D eigenvalue weighted by atomic mass is 32.2. The fourth-order valence-electron chi connectivity index (χ4n) is 5.61. The molecule has 1 N–H and O–H groups in total. The van der Waals surface area contributed by atoms with Crippen molar-refractivity contribution in [2.45, 2.75) is 102 Å². The molecule has 0 radical (unpaired) electrons. The summed E-state index contributed by atoms with van der Waals surface area (Å²) in [6.07, 6.45) is 13.0. The summed E-state index contributed by atoms with van der Waals surface area (Å²) in [5.74, 6) is 3.97. The molecule has 1 aliphatic heterocycles. The fraction of sp³-hybridized carbons (Fsp3) is 0.808. The summed E-state index contributed by atoms with van der Waals surface area (Å²) < 4.78 is 0. The van der Waals surface area contributed by atoms with Crippen LogP contribution in [0.1, 0.15) is 84.1 Å². The van der Waals surface area contributed by atoms with Gasteiger partial charge in [0, 0.05) is 37.0 Å². The first-order chi connectivity index (χ1) is 15.4. The van der Waals surface area contributed by atoms with Crippen molar-refractivity contribution in [3.05, 3.63) is 11.8 Å². The quantitative estimate of drug-likeness (QED) is 0.385. The van der Waals surface area contributed by atoms with Gasteiger partial charge in [0.25, 0.3) is 0 Å². The van der Waals surface area contributed by atoms with E-state index < -0.39 is 0 Å². The number of carbonyl (C=O) groups is 1. The number of anilines is 1. The molecule has 1 aromatic rings. The predicted molar refractivity (Wildman–Crippen MR) is 133 cm³/mol. The molecule has 1 atom stereocenters. The molecule has 0 unspecified atom stereocenters. The van der Waals surface area contributed by atoms with Gasteiger partial charge in [0.1, 0.15) is 5.03 Å². The average Bonchev–Trinajstić information content (AvgIpc) is 2.66. The molecule has 5 nitrogen and oxygen atoms in total. The van der Waals surface area contributed by atoms with Gasteiger partial charge in [-0.15, -0.1) is 11.8 Å². The van der Waals surface area contributed by atoms with Crippen LogP contribution >= 0.6 is 11.8 Å². The van der Waals surface area contributed by atoms with Crippen LogP contribution in [0.3, 0.4) is 0 Å². The van der Waals surface area contributed by atoms with Gasteiger partial charge >= 0.3 is 0 Å². The van der Waals surface area contributed by atoms with E-state index in [0.717, 1.165) is 60.7 Å². The summed E-state index contributed by atoms with van der Waals surface area (Å²) in [4.78, 5) is 24.7. The first-order valence-electron chi connectivity index (χ1n) is 12.9. The number of nitrogens with one attached hydrogen (secondary N) is 1. The molecule has 32 heavy (non-hydrogen) atoms. The maximum atomic E-state index is 12.9. The minimum atomic E-state index is 0.249. The van der Waals surface area contributed by atoms with E-state index in [9.17, 15) is 4.79 Å². The van der Waals surface area contributed by atoms with E-state index in [1.807, 2.05) is 18.0 Å². The molecule has 2 heterocycles. The predicted octanol–water partition coefficient (Wildman–Crippen LogP) is 5.61. The lowest BCUT2D eigenvalue weighted by Crippen LogP contribution is -2.45. The SMILES string of the molecule is Cc1cnc(N2CCC([C@H](C)NC(=O)CC(C3CCC3)C3CCC3)CC2)nc1SC(C)C. The molecule has 6 heteroatoms. The number of carbonyl (C=O) groups excluding carboxylic acids is 1. The zero-order chi connectivity index (χ0) is 22.7. The second-order valence-electron chi connectivity index (χ2n) is 10.8. The van der Waals surface area contributed by atoms with Crippen LogP contribution in [-0.4, -0.2) is 40.3 Å². The van der Waals surface area contributed by atoms with Crippen LogP contribution in [0, 0.1) is 30.6 Å². The highest BCUT2D eigenvalue weighted by molar-refractivity contribution is 7.99. The Bertz CT molecular complexity index is 755. The number of piperidine rings is 1. The van der Waals surface area contributed by atoms with Crippen LogP contribution in [0.25, 0.3) is 0 Å². The van der Waals surface area contributed by atoms with Crippen molar-refractivity contribution < 1.29 is 4.79 Å². The van der Waals surface area contributed by atoms with Crippen LogP contribution < -0.4 is 10.2 Å². The molecular formula is C26H42N4OS. The van der Waals surface area contributed by atoms with Crippen LogP contribution in [0.5, 0.6) is 0 Å². The highest BCUT2D eigenvalue weighted by Gasteiger charge is 2.37. The molecule has 2 saturated carbocycles. The summed E-state index contributed by atoms with van der Waals surface area (Å²) >= 11 is 1.81. The van der Waals surface area contributed by atoms with E-state index in [4.69, 9.17) is 4.98 Å². The van der Waals surface area contributed by atoms with Crippen LogP contribution in [0.15, 0.2) is 11.2 Å². The van der Waals surface area contributed by atoms with Crippen LogP contribution in [0.2, 0.25) is 0 Å². The minimum absolute atomic E-state index is 0.249. The maximum absolute atomic E-state index is 12.9. The molecule has 0 spiro atoms. The standard InChI is InChI=1S/C26H42N4OS/c1-17(2)32-25-18(3)16-27-26(29-25)30-13-11-20(12-14-30)19(4)28-24(31)15-23(21-7-5-8-21)22-9-6-10-22/h16-17,19-23H,5-15H2,1-4H3,(H,28,31)/t19-/m0/s1. The fourth-order valence-corrected chi connectivity index (χ4v) is 6.43. The lowest BCUT2D eigenvalue weighted by molar-refractivity contribution is -0.124. The van der Waals surface area contributed by atoms with Crippen molar-refractivity contribution in [1.82, 2.24) is 15.3 Å². The Kier molecular flexibility index (Phi) is 8.01. The monoisotopic (exact) mass is 458 g/mol. The van der Waals surface area contributed by atoms with Crippen LogP contribution in [0.4, 0.5) is 5.95 Å². The third kappa shape index (κ3) is 5.78. The second kappa shape index (κ2) is 10.8. The molecule has 2 aliphatic carbocycles. The van der Waals surface area contributed by atoms with Crippen LogP contribution in [-0.2, 0) is 4.79 Å². The molecular weight excluding hydrogens is 416 g/mol. The molecule has 1 amide bonds. The lowest BCUT2D eigenvalue weighted by atomic mass is 9.63. The number of aromatic nitrogens is 2. The number of nitrogens with zero attached hydrogens (tertiary/aromatic N) is 3. The smallest absolute Gasteiger partial charge is 0.226 e. The van der Waals surface area contributed by atoms with Gasteiger partial charge in [-0.05, 0) is 55.9 Å². The molecule has 0 aromatic carbocycles. The minimum Gasteiger partial charge on any atom is -0.353 e. The zero-order valence-corrected chi connectivity index (χ0v) is 21.3. The average molecular weight is 459 g/mol. The normalized spacial score (nSPS) is 21.5. The largest absolute Gasteiger partial charge is 0.353 e. The van der Waals surface area contributed by atoms with E-state index in [1.54, 1.807) is 0 Å². The Morgan fingerprint density at radius 1 is 1.06 bits per heavy atom. The summed E-state index contributed by atoms with van der Waals surface area (Å²) in [7, 11) is 0. The Morgan fingerprint density at radius 2 is 1.69 bits per heavy atom. The number of rotatable bonds is 9. The summed E-state index contributed by atoms with van der Waals surface area (Å²) in [5.41, 5.74) is 1.15. The molecule has 3 fully saturated rings. The van der Waals surface area contributed by atoms with Gasteiger partial charge in [-0.1, -0.05) is 52.4 Å². The Morgan fingerprint density at radius 3 is 2.22 bits per heavy atom. The van der Waals surface area contributed by atoms with Gasteiger partial charge in [0.2, 0.25) is 11.9 Å². The van der Waals surface area contributed by atoms with E-state index in [-0.39, 0.29) is 6.04 Å². The number of thioether (sulfide) groups is 1. The van der Waals surface area contributed by atoms with Gasteiger partial charge in [-0.3, -0.25) is 4.79 Å². The number of hydrogen-bond donors (Lipinski definition) is 1. The van der Waals surface area contributed by atoms with E-state index in [1.165, 1.54) is 38.5 Å². The first-order valence-corrected chi connectivity index (χ1v) is 13.8. The number of amides is 1.